The van der Waals surface area contributed by atoms with Crippen LogP contribution in [0.5, 0.6) is 0 Å². The molecule has 0 aliphatic heterocycles. The Kier molecular flexibility index (Phi) is 103. The van der Waals surface area contributed by atoms with Crippen LogP contribution in [0.1, 0.15) is 13.8 Å². The predicted octanol–water partition coefficient (Wildman–Crippen LogP) is 1.06. The van der Waals surface area contributed by atoms with Crippen LogP contribution in [-0.2, 0) is 20.4 Å². The zero-order chi connectivity index (χ0) is 5.41. The van der Waals surface area contributed by atoms with Crippen LogP contribution in [0.3, 0.4) is 0 Å². The van der Waals surface area contributed by atoms with Gasteiger partial charge in [-0.1, -0.05) is 0 Å². The molecule has 0 spiro atoms. The Morgan fingerprint density at radius 2 is 1.00 bits per heavy atom. The maximum Gasteiger partial charge on any atom is 0.0587 e. The van der Waals surface area contributed by atoms with E-state index in [0.29, 0.717) is 0 Å². The van der Waals surface area contributed by atoms with Crippen LogP contribution < -0.4 is 0 Å². The molecule has 3 heteroatoms. The van der Waals surface area contributed by atoms with Gasteiger partial charge in [-0.05, 0) is 0 Å². The molecule has 0 rings (SSSR count). The first-order chi connectivity index (χ1) is 2.83. The van der Waals surface area contributed by atoms with Crippen molar-refractivity contribution >= 4 is 0 Å². The summed E-state index contributed by atoms with van der Waals surface area (Å²) in [4.78, 5) is 0. The molecule has 0 fully saturated rings. The molecule has 0 bridgehead atoms. The van der Waals surface area contributed by atoms with E-state index >= 15 is 0 Å². The van der Waals surface area contributed by atoms with E-state index in [1.807, 2.05) is 0 Å². The van der Waals surface area contributed by atoms with Gasteiger partial charge in [-0.3, -0.25) is 0 Å². The topological polar surface area (TPSA) is 47.6 Å². The van der Waals surface area contributed by atoms with Gasteiger partial charge in [0.1, 0.15) is 0 Å². The third kappa shape index (κ3) is 585. The Labute approximate surface area is 57.4 Å². The van der Waals surface area contributed by atoms with Crippen molar-refractivity contribution in [1.82, 2.24) is 0 Å². The maximum atomic E-state index is 7.32. The van der Waals surface area contributed by atoms with Gasteiger partial charge in [-0.25, -0.2) is 0 Å². The summed E-state index contributed by atoms with van der Waals surface area (Å²) in [5.74, 6) is 0. The molecular formula is C4H6N2Pd. The van der Waals surface area contributed by atoms with Crippen LogP contribution >= 0.6 is 0 Å². The Hall–Kier alpha value is -0.358. The number of nitriles is 2. The van der Waals surface area contributed by atoms with Crippen molar-refractivity contribution in [1.29, 1.82) is 10.5 Å². The summed E-state index contributed by atoms with van der Waals surface area (Å²) in [6.07, 6.45) is 0. The van der Waals surface area contributed by atoms with Gasteiger partial charge in [0.25, 0.3) is 0 Å². The van der Waals surface area contributed by atoms with Crippen molar-refractivity contribution in [3.8, 4) is 12.1 Å². The van der Waals surface area contributed by atoms with E-state index in [1.165, 1.54) is 13.8 Å². The Balaban J connectivity index is -0.0000000400. The van der Waals surface area contributed by atoms with E-state index in [-0.39, 0.29) is 20.4 Å². The van der Waals surface area contributed by atoms with Gasteiger partial charge in [-0.15, -0.1) is 0 Å². The van der Waals surface area contributed by atoms with Gasteiger partial charge < -0.3 is 0 Å². The van der Waals surface area contributed by atoms with Gasteiger partial charge in [-0.2, -0.15) is 10.5 Å². The largest absolute Gasteiger partial charge is 0.199 e. The van der Waals surface area contributed by atoms with Crippen LogP contribution in [0.4, 0.5) is 0 Å². The molecular weight excluding hydrogens is 182 g/mol. The van der Waals surface area contributed by atoms with E-state index in [0.717, 1.165) is 0 Å². The first-order valence-electron chi connectivity index (χ1n) is 1.45. The average Bonchev–Trinajstić information content (AvgIpc) is 1.39. The van der Waals surface area contributed by atoms with Crippen molar-refractivity contribution < 1.29 is 20.4 Å². The fourth-order valence-corrected chi connectivity index (χ4v) is 0. The molecule has 0 radical (unpaired) electrons. The van der Waals surface area contributed by atoms with E-state index in [4.69, 9.17) is 10.5 Å². The number of nitrogens with zero attached hydrogens (tertiary/aromatic N) is 2. The first kappa shape index (κ1) is 15.9. The SMILES string of the molecule is CC#N.CC#N.[Pd]. The van der Waals surface area contributed by atoms with Crippen LogP contribution in [0.15, 0.2) is 0 Å². The van der Waals surface area contributed by atoms with Crippen molar-refractivity contribution in [2.24, 2.45) is 0 Å². The number of hydrogen-bond acceptors (Lipinski definition) is 2. The van der Waals surface area contributed by atoms with E-state index in [9.17, 15) is 0 Å². The summed E-state index contributed by atoms with van der Waals surface area (Å²) in [6.45, 7) is 2.86. The standard InChI is InChI=1S/2C2H3N.Pd/c2*1-2-3;/h2*1H3;. The van der Waals surface area contributed by atoms with Crippen molar-refractivity contribution in [3.63, 3.8) is 0 Å². The molecule has 42 valence electrons. The summed E-state index contributed by atoms with van der Waals surface area (Å²) in [5, 5.41) is 14.6. The first-order valence-corrected chi connectivity index (χ1v) is 1.45. The third-order valence-corrected chi connectivity index (χ3v) is 0. The second-order valence-corrected chi connectivity index (χ2v) is 0.447. The second kappa shape index (κ2) is 45.1. The Morgan fingerprint density at radius 3 is 1.00 bits per heavy atom. The minimum Gasteiger partial charge on any atom is -0.199 e. The second-order valence-electron chi connectivity index (χ2n) is 0.447. The van der Waals surface area contributed by atoms with Gasteiger partial charge in [0.2, 0.25) is 0 Å². The molecule has 0 aromatic carbocycles. The monoisotopic (exact) mass is 188 g/mol. The normalized spacial score (nSPS) is 2.29. The summed E-state index contributed by atoms with van der Waals surface area (Å²) in [6, 6.07) is 3.50. The Morgan fingerprint density at radius 1 is 1.00 bits per heavy atom. The molecule has 0 atom stereocenters. The fourth-order valence-electron chi connectivity index (χ4n) is 0. The minimum atomic E-state index is 0. The molecule has 0 aliphatic carbocycles. The summed E-state index contributed by atoms with van der Waals surface area (Å²) >= 11 is 0. The molecule has 0 aromatic heterocycles. The van der Waals surface area contributed by atoms with Gasteiger partial charge >= 0.3 is 0 Å². The Bertz CT molecular complexity index is 64.7. The van der Waals surface area contributed by atoms with Crippen molar-refractivity contribution in [2.45, 2.75) is 13.8 Å². The van der Waals surface area contributed by atoms with Crippen LogP contribution in [-0.4, -0.2) is 0 Å². The quantitative estimate of drug-likeness (QED) is 0.534. The summed E-state index contributed by atoms with van der Waals surface area (Å²) < 4.78 is 0. The van der Waals surface area contributed by atoms with Crippen molar-refractivity contribution in [2.75, 3.05) is 0 Å². The third-order valence-electron chi connectivity index (χ3n) is 0. The molecule has 0 amide bonds. The minimum absolute atomic E-state index is 0. The zero-order valence-corrected chi connectivity index (χ0v) is 5.77. The van der Waals surface area contributed by atoms with Gasteiger partial charge in [0, 0.05) is 34.3 Å². The van der Waals surface area contributed by atoms with Crippen LogP contribution in [0.2, 0.25) is 0 Å². The number of hydrogen-bond donors (Lipinski definition) is 0. The zero-order valence-electron chi connectivity index (χ0n) is 4.21. The molecule has 0 N–H and O–H groups in total. The predicted molar refractivity (Wildman–Crippen MR) is 22.6 cm³/mol. The molecule has 0 unspecified atom stereocenters. The summed E-state index contributed by atoms with van der Waals surface area (Å²) in [7, 11) is 0. The van der Waals surface area contributed by atoms with Crippen LogP contribution in [0.25, 0.3) is 0 Å². The molecule has 2 nitrogen and oxygen atoms in total. The molecule has 0 aromatic rings. The van der Waals surface area contributed by atoms with E-state index < -0.39 is 0 Å². The average molecular weight is 189 g/mol. The number of rotatable bonds is 0. The maximum absolute atomic E-state index is 7.32. The van der Waals surface area contributed by atoms with Crippen molar-refractivity contribution in [3.05, 3.63) is 0 Å². The molecule has 0 heterocycles. The van der Waals surface area contributed by atoms with E-state index in [2.05, 4.69) is 0 Å². The molecule has 0 saturated heterocycles. The summed E-state index contributed by atoms with van der Waals surface area (Å²) in [5.41, 5.74) is 0. The van der Waals surface area contributed by atoms with Crippen LogP contribution in [0, 0.1) is 22.7 Å². The van der Waals surface area contributed by atoms with Gasteiger partial charge in [0.15, 0.2) is 0 Å². The van der Waals surface area contributed by atoms with Gasteiger partial charge in [0.05, 0.1) is 12.1 Å². The fraction of sp³-hybridized carbons (Fsp3) is 0.500. The molecule has 7 heavy (non-hydrogen) atoms. The smallest absolute Gasteiger partial charge is 0.0587 e. The molecule has 0 aliphatic rings. The molecule has 0 saturated carbocycles. The van der Waals surface area contributed by atoms with E-state index in [1.54, 1.807) is 12.1 Å².